The predicted molar refractivity (Wildman–Crippen MR) is 71.3 cm³/mol. The van der Waals surface area contributed by atoms with Gasteiger partial charge in [0.05, 0.1) is 14.2 Å². The maximum Gasteiger partial charge on any atom is 0.375 e. The van der Waals surface area contributed by atoms with Crippen LogP contribution in [0.1, 0.15) is 11.7 Å². The van der Waals surface area contributed by atoms with E-state index in [0.717, 1.165) is 0 Å². The molecular formula is C13H10Cl2O5. The number of carbonyl (C=O) groups is 2. The first-order valence-electron chi connectivity index (χ1n) is 5.52. The molecule has 5 nitrogen and oxygen atoms in total. The SMILES string of the molecule is COC(=O)C1=C(OC)C(=O)OC1c1c(Cl)cccc1Cl. The van der Waals surface area contributed by atoms with Gasteiger partial charge in [-0.05, 0) is 12.1 Å². The molecule has 106 valence electrons. The standard InChI is InChI=1S/C13H10Cl2O5/c1-18-11-9(12(16)19-2)10(20-13(11)17)8-6(14)4-3-5-7(8)15/h3-5,10H,1-2H3. The molecule has 0 saturated heterocycles. The van der Waals surface area contributed by atoms with Crippen LogP contribution >= 0.6 is 23.2 Å². The number of halogens is 2. The normalized spacial score (nSPS) is 18.0. The summed E-state index contributed by atoms with van der Waals surface area (Å²) >= 11 is 12.1. The number of carbonyl (C=O) groups excluding carboxylic acids is 2. The molecule has 0 radical (unpaired) electrons. The molecule has 1 unspecified atom stereocenters. The topological polar surface area (TPSA) is 61.8 Å². The lowest BCUT2D eigenvalue weighted by molar-refractivity contribution is -0.143. The summed E-state index contributed by atoms with van der Waals surface area (Å²) in [6.07, 6.45) is -1.05. The largest absolute Gasteiger partial charge is 0.489 e. The van der Waals surface area contributed by atoms with Crippen LogP contribution in [0.2, 0.25) is 10.0 Å². The second kappa shape index (κ2) is 5.73. The Balaban J connectivity index is 2.60. The van der Waals surface area contributed by atoms with Crippen molar-refractivity contribution in [3.63, 3.8) is 0 Å². The summed E-state index contributed by atoms with van der Waals surface area (Å²) in [6, 6.07) is 4.80. The maximum atomic E-state index is 11.9. The summed E-state index contributed by atoms with van der Waals surface area (Å²) < 4.78 is 14.7. The number of ether oxygens (including phenoxy) is 3. The average Bonchev–Trinajstić information content (AvgIpc) is 2.74. The van der Waals surface area contributed by atoms with E-state index in [2.05, 4.69) is 4.74 Å². The van der Waals surface area contributed by atoms with E-state index in [9.17, 15) is 9.59 Å². The van der Waals surface area contributed by atoms with Crippen LogP contribution < -0.4 is 0 Å². The lowest BCUT2D eigenvalue weighted by Gasteiger charge is -2.15. The molecular weight excluding hydrogens is 307 g/mol. The molecule has 0 fully saturated rings. The Morgan fingerprint density at radius 1 is 1.25 bits per heavy atom. The molecule has 1 heterocycles. The molecule has 0 aliphatic carbocycles. The molecule has 20 heavy (non-hydrogen) atoms. The molecule has 0 amide bonds. The third-order valence-corrected chi connectivity index (χ3v) is 3.45. The van der Waals surface area contributed by atoms with Crippen molar-refractivity contribution in [2.45, 2.75) is 6.10 Å². The fourth-order valence-electron chi connectivity index (χ4n) is 1.92. The van der Waals surface area contributed by atoms with Gasteiger partial charge in [-0.2, -0.15) is 0 Å². The summed E-state index contributed by atoms with van der Waals surface area (Å²) in [6.45, 7) is 0. The van der Waals surface area contributed by atoms with Crippen LogP contribution in [0.3, 0.4) is 0 Å². The minimum absolute atomic E-state index is 0.0602. The van der Waals surface area contributed by atoms with Crippen LogP contribution in [-0.4, -0.2) is 26.2 Å². The van der Waals surface area contributed by atoms with Gasteiger partial charge in [-0.15, -0.1) is 0 Å². The molecule has 1 aliphatic rings. The van der Waals surface area contributed by atoms with Gasteiger partial charge in [0.1, 0.15) is 5.57 Å². The number of hydrogen-bond acceptors (Lipinski definition) is 5. The highest BCUT2D eigenvalue weighted by Gasteiger charge is 2.42. The molecule has 0 spiro atoms. The van der Waals surface area contributed by atoms with Gasteiger partial charge in [0, 0.05) is 15.6 Å². The van der Waals surface area contributed by atoms with Crippen LogP contribution in [0, 0.1) is 0 Å². The van der Waals surface area contributed by atoms with Crippen molar-refractivity contribution in [2.75, 3.05) is 14.2 Å². The first-order valence-corrected chi connectivity index (χ1v) is 6.28. The Kier molecular flexibility index (Phi) is 4.20. The van der Waals surface area contributed by atoms with Crippen LogP contribution in [0.15, 0.2) is 29.5 Å². The van der Waals surface area contributed by atoms with Gasteiger partial charge in [0.15, 0.2) is 6.10 Å². The molecule has 1 aromatic carbocycles. The maximum absolute atomic E-state index is 11.9. The minimum Gasteiger partial charge on any atom is -0.489 e. The van der Waals surface area contributed by atoms with E-state index in [1.54, 1.807) is 18.2 Å². The Morgan fingerprint density at radius 3 is 2.35 bits per heavy atom. The zero-order valence-corrected chi connectivity index (χ0v) is 12.1. The van der Waals surface area contributed by atoms with E-state index in [4.69, 9.17) is 32.7 Å². The molecule has 7 heteroatoms. The highest BCUT2D eigenvalue weighted by molar-refractivity contribution is 6.36. The van der Waals surface area contributed by atoms with Crippen LogP contribution in [-0.2, 0) is 23.8 Å². The number of methoxy groups -OCH3 is 2. The minimum atomic E-state index is -1.05. The van der Waals surface area contributed by atoms with Gasteiger partial charge >= 0.3 is 11.9 Å². The second-order valence-electron chi connectivity index (χ2n) is 3.86. The van der Waals surface area contributed by atoms with E-state index in [0.29, 0.717) is 5.56 Å². The van der Waals surface area contributed by atoms with Crippen molar-refractivity contribution in [1.29, 1.82) is 0 Å². The van der Waals surface area contributed by atoms with Crippen molar-refractivity contribution in [1.82, 2.24) is 0 Å². The quantitative estimate of drug-likeness (QED) is 0.802. The molecule has 2 rings (SSSR count). The molecule has 1 aromatic rings. The fourth-order valence-corrected chi connectivity index (χ4v) is 2.51. The third kappa shape index (κ3) is 2.34. The Labute approximate surface area is 125 Å². The van der Waals surface area contributed by atoms with Crippen molar-refractivity contribution >= 4 is 35.1 Å². The Hall–Kier alpha value is -1.72. The summed E-state index contributed by atoms with van der Waals surface area (Å²) in [5.41, 5.74) is 0.256. The van der Waals surface area contributed by atoms with Gasteiger partial charge in [-0.3, -0.25) is 0 Å². The molecule has 0 bridgehead atoms. The highest BCUT2D eigenvalue weighted by Crippen LogP contribution is 2.42. The van der Waals surface area contributed by atoms with E-state index in [-0.39, 0.29) is 21.4 Å². The first kappa shape index (κ1) is 14.7. The lowest BCUT2D eigenvalue weighted by atomic mass is 10.0. The molecule has 0 N–H and O–H groups in total. The lowest BCUT2D eigenvalue weighted by Crippen LogP contribution is -2.13. The molecule has 1 aliphatic heterocycles. The molecule has 1 atom stereocenters. The second-order valence-corrected chi connectivity index (χ2v) is 4.67. The number of esters is 2. The first-order chi connectivity index (χ1) is 9.51. The van der Waals surface area contributed by atoms with Gasteiger partial charge in [0.25, 0.3) is 0 Å². The Morgan fingerprint density at radius 2 is 1.85 bits per heavy atom. The zero-order valence-electron chi connectivity index (χ0n) is 10.6. The fraction of sp³-hybridized carbons (Fsp3) is 0.231. The summed E-state index contributed by atoms with van der Waals surface area (Å²) in [4.78, 5) is 23.6. The monoisotopic (exact) mass is 316 g/mol. The number of rotatable bonds is 3. The summed E-state index contributed by atoms with van der Waals surface area (Å²) in [7, 11) is 2.45. The van der Waals surface area contributed by atoms with Crippen LogP contribution in [0.5, 0.6) is 0 Å². The van der Waals surface area contributed by atoms with Crippen molar-refractivity contribution in [2.24, 2.45) is 0 Å². The van der Waals surface area contributed by atoms with E-state index in [1.165, 1.54) is 14.2 Å². The summed E-state index contributed by atoms with van der Waals surface area (Å²) in [5.74, 6) is -1.72. The van der Waals surface area contributed by atoms with Gasteiger partial charge < -0.3 is 14.2 Å². The van der Waals surface area contributed by atoms with Crippen LogP contribution in [0.25, 0.3) is 0 Å². The number of hydrogen-bond donors (Lipinski definition) is 0. The summed E-state index contributed by atoms with van der Waals surface area (Å²) in [5, 5.41) is 0.545. The van der Waals surface area contributed by atoms with Crippen molar-refractivity contribution < 1.29 is 23.8 Å². The van der Waals surface area contributed by atoms with E-state index >= 15 is 0 Å². The number of benzene rings is 1. The third-order valence-electron chi connectivity index (χ3n) is 2.79. The van der Waals surface area contributed by atoms with Crippen molar-refractivity contribution in [3.05, 3.63) is 45.1 Å². The molecule has 0 aromatic heterocycles. The predicted octanol–water partition coefficient (Wildman–Crippen LogP) is 2.66. The van der Waals surface area contributed by atoms with Gasteiger partial charge in [-0.25, -0.2) is 9.59 Å². The molecule has 0 saturated carbocycles. The smallest absolute Gasteiger partial charge is 0.375 e. The van der Waals surface area contributed by atoms with Crippen molar-refractivity contribution in [3.8, 4) is 0 Å². The highest BCUT2D eigenvalue weighted by atomic mass is 35.5. The van der Waals surface area contributed by atoms with E-state index in [1.807, 2.05) is 0 Å². The van der Waals surface area contributed by atoms with Gasteiger partial charge in [0.2, 0.25) is 5.76 Å². The van der Waals surface area contributed by atoms with E-state index < -0.39 is 18.0 Å². The van der Waals surface area contributed by atoms with Gasteiger partial charge in [-0.1, -0.05) is 29.3 Å². The van der Waals surface area contributed by atoms with Crippen LogP contribution in [0.4, 0.5) is 0 Å². The Bertz CT molecular complexity index is 589. The zero-order chi connectivity index (χ0) is 14.9. The average molecular weight is 317 g/mol. The number of cyclic esters (lactones) is 1.